The Bertz CT molecular complexity index is 526. The van der Waals surface area contributed by atoms with E-state index >= 15 is 0 Å². The van der Waals surface area contributed by atoms with E-state index in [1.165, 1.54) is 0 Å². The highest BCUT2D eigenvalue weighted by atomic mass is 32.2. The highest BCUT2D eigenvalue weighted by Gasteiger charge is 2.28. The van der Waals surface area contributed by atoms with Gasteiger partial charge in [-0.1, -0.05) is 6.92 Å². The number of primary sulfonamides is 1. The molecular formula is C8H13F3N4O3S. The molecule has 2 N–H and O–H groups in total. The summed E-state index contributed by atoms with van der Waals surface area (Å²) in [6.45, 7) is 0.0233. The Balaban J connectivity index is 2.87. The predicted octanol–water partition coefficient (Wildman–Crippen LogP) is 0.414. The van der Waals surface area contributed by atoms with Gasteiger partial charge in [0, 0.05) is 6.54 Å². The Hall–Kier alpha value is -1.20. The Morgan fingerprint density at radius 2 is 2.00 bits per heavy atom. The highest BCUT2D eigenvalue weighted by Crippen LogP contribution is 2.16. The fourth-order valence-corrected chi connectivity index (χ4v) is 2.00. The van der Waals surface area contributed by atoms with Gasteiger partial charge < -0.3 is 4.74 Å². The molecule has 0 unspecified atom stereocenters. The average molecular weight is 302 g/mol. The van der Waals surface area contributed by atoms with Gasteiger partial charge in [-0.2, -0.15) is 13.2 Å². The number of hydrogen-bond acceptors (Lipinski definition) is 5. The first-order valence-corrected chi connectivity index (χ1v) is 6.79. The first-order valence-electron chi connectivity index (χ1n) is 5.24. The van der Waals surface area contributed by atoms with E-state index in [1.807, 2.05) is 0 Å². The minimum Gasteiger partial charge on any atom is -0.364 e. The molecule has 0 saturated heterocycles. The molecule has 0 amide bonds. The standard InChI is InChI=1S/C8H13F3N4O3S/c1-2-3-15-6(4-18-5-8(9,10)11)13-14-7(15)19(12,16)17/h2-5H2,1H3,(H2,12,16,17). The Morgan fingerprint density at radius 3 is 2.47 bits per heavy atom. The van der Waals surface area contributed by atoms with Gasteiger partial charge in [0.25, 0.3) is 15.2 Å². The topological polar surface area (TPSA) is 100 Å². The number of rotatable bonds is 6. The van der Waals surface area contributed by atoms with Crippen molar-refractivity contribution in [1.82, 2.24) is 14.8 Å². The molecule has 0 bridgehead atoms. The van der Waals surface area contributed by atoms with E-state index in [4.69, 9.17) is 5.14 Å². The monoisotopic (exact) mass is 302 g/mol. The van der Waals surface area contributed by atoms with Crippen molar-refractivity contribution in [3.05, 3.63) is 5.82 Å². The average Bonchev–Trinajstić information content (AvgIpc) is 2.60. The minimum absolute atomic E-state index is 0.0184. The number of aromatic nitrogens is 3. The number of alkyl halides is 3. The van der Waals surface area contributed by atoms with Crippen LogP contribution in [-0.4, -0.2) is 36.0 Å². The number of nitrogens with zero attached hydrogens (tertiary/aromatic N) is 3. The van der Waals surface area contributed by atoms with E-state index in [0.29, 0.717) is 6.42 Å². The number of ether oxygens (including phenoxy) is 1. The Kier molecular flexibility index (Phi) is 4.87. The van der Waals surface area contributed by atoms with Gasteiger partial charge in [-0.3, -0.25) is 4.57 Å². The zero-order valence-electron chi connectivity index (χ0n) is 10.0. The van der Waals surface area contributed by atoms with Crippen molar-refractivity contribution in [2.45, 2.75) is 37.8 Å². The quantitative estimate of drug-likeness (QED) is 0.820. The predicted molar refractivity (Wildman–Crippen MR) is 57.4 cm³/mol. The maximum atomic E-state index is 11.9. The Morgan fingerprint density at radius 1 is 1.37 bits per heavy atom. The lowest BCUT2D eigenvalue weighted by Crippen LogP contribution is -2.21. The van der Waals surface area contributed by atoms with Crippen LogP contribution in [0.15, 0.2) is 5.16 Å². The van der Waals surface area contributed by atoms with E-state index in [0.717, 1.165) is 4.57 Å². The first kappa shape index (κ1) is 15.9. The largest absolute Gasteiger partial charge is 0.411 e. The van der Waals surface area contributed by atoms with E-state index in [-0.39, 0.29) is 12.4 Å². The molecule has 1 rings (SSSR count). The first-order chi connectivity index (χ1) is 8.65. The molecule has 0 fully saturated rings. The molecule has 0 aliphatic rings. The van der Waals surface area contributed by atoms with Crippen molar-refractivity contribution in [3.8, 4) is 0 Å². The van der Waals surface area contributed by atoms with Crippen molar-refractivity contribution in [2.24, 2.45) is 5.14 Å². The molecule has 0 aromatic carbocycles. The third-order valence-electron chi connectivity index (χ3n) is 1.99. The molecule has 0 atom stereocenters. The summed E-state index contributed by atoms with van der Waals surface area (Å²) in [5.74, 6) is -0.0184. The van der Waals surface area contributed by atoms with E-state index in [9.17, 15) is 21.6 Å². The zero-order chi connectivity index (χ0) is 14.7. The van der Waals surface area contributed by atoms with Crippen LogP contribution < -0.4 is 5.14 Å². The fraction of sp³-hybridized carbons (Fsp3) is 0.750. The van der Waals surface area contributed by atoms with Crippen LogP contribution in [0, 0.1) is 0 Å². The van der Waals surface area contributed by atoms with Crippen molar-refractivity contribution in [3.63, 3.8) is 0 Å². The lowest BCUT2D eigenvalue weighted by molar-refractivity contribution is -0.177. The molecule has 0 aliphatic carbocycles. The number of nitrogens with two attached hydrogens (primary N) is 1. The molecule has 11 heteroatoms. The molecule has 110 valence electrons. The lowest BCUT2D eigenvalue weighted by Gasteiger charge is -2.09. The molecule has 7 nitrogen and oxygen atoms in total. The second-order valence-corrected chi connectivity index (χ2v) is 5.16. The van der Waals surface area contributed by atoms with Gasteiger partial charge in [-0.05, 0) is 6.42 Å². The van der Waals surface area contributed by atoms with Crippen LogP contribution in [0.1, 0.15) is 19.2 Å². The van der Waals surface area contributed by atoms with Crippen LogP contribution in [0.4, 0.5) is 13.2 Å². The lowest BCUT2D eigenvalue weighted by atomic mass is 10.4. The van der Waals surface area contributed by atoms with Crippen LogP contribution in [0.2, 0.25) is 0 Å². The van der Waals surface area contributed by atoms with Crippen LogP contribution in [0.3, 0.4) is 0 Å². The van der Waals surface area contributed by atoms with Crippen LogP contribution in [-0.2, 0) is 27.9 Å². The highest BCUT2D eigenvalue weighted by molar-refractivity contribution is 7.89. The van der Waals surface area contributed by atoms with Gasteiger partial charge in [0.2, 0.25) is 0 Å². The van der Waals surface area contributed by atoms with Gasteiger partial charge in [-0.25, -0.2) is 13.6 Å². The molecular weight excluding hydrogens is 289 g/mol. The minimum atomic E-state index is -4.46. The summed E-state index contributed by atoms with van der Waals surface area (Å²) < 4.78 is 63.7. The summed E-state index contributed by atoms with van der Waals surface area (Å²) in [4.78, 5) is 0. The number of hydrogen-bond donors (Lipinski definition) is 1. The summed E-state index contributed by atoms with van der Waals surface area (Å²) in [6, 6.07) is 0. The SMILES string of the molecule is CCCn1c(COCC(F)(F)F)nnc1S(N)(=O)=O. The third-order valence-corrected chi connectivity index (χ3v) is 2.80. The van der Waals surface area contributed by atoms with Crippen LogP contribution >= 0.6 is 0 Å². The number of halogens is 3. The summed E-state index contributed by atoms with van der Waals surface area (Å²) in [6.07, 6.45) is -3.93. The summed E-state index contributed by atoms with van der Waals surface area (Å²) in [7, 11) is -4.08. The maximum absolute atomic E-state index is 11.9. The van der Waals surface area contributed by atoms with Crippen LogP contribution in [0.25, 0.3) is 0 Å². The molecule has 0 radical (unpaired) electrons. The Labute approximate surface area is 107 Å². The molecule has 0 spiro atoms. The van der Waals surface area contributed by atoms with Crippen molar-refractivity contribution < 1.29 is 26.3 Å². The van der Waals surface area contributed by atoms with Crippen LogP contribution in [0.5, 0.6) is 0 Å². The maximum Gasteiger partial charge on any atom is 0.411 e. The van der Waals surface area contributed by atoms with Crippen molar-refractivity contribution in [2.75, 3.05) is 6.61 Å². The fourth-order valence-electron chi connectivity index (χ4n) is 1.34. The van der Waals surface area contributed by atoms with Gasteiger partial charge in [-0.15, -0.1) is 10.2 Å². The second-order valence-electron chi connectivity index (χ2n) is 3.70. The van der Waals surface area contributed by atoms with Gasteiger partial charge in [0.15, 0.2) is 5.82 Å². The summed E-state index contributed by atoms with van der Waals surface area (Å²) >= 11 is 0. The third kappa shape index (κ3) is 4.76. The van der Waals surface area contributed by atoms with Gasteiger partial charge in [0.05, 0.1) is 0 Å². The molecule has 1 aromatic heterocycles. The van der Waals surface area contributed by atoms with E-state index in [2.05, 4.69) is 14.9 Å². The molecule has 0 aliphatic heterocycles. The normalized spacial score (nSPS) is 12.9. The zero-order valence-corrected chi connectivity index (χ0v) is 10.8. The molecule has 19 heavy (non-hydrogen) atoms. The van der Waals surface area contributed by atoms with Gasteiger partial charge >= 0.3 is 6.18 Å². The van der Waals surface area contributed by atoms with E-state index < -0.39 is 34.6 Å². The van der Waals surface area contributed by atoms with Crippen molar-refractivity contribution in [1.29, 1.82) is 0 Å². The number of sulfonamides is 1. The van der Waals surface area contributed by atoms with Gasteiger partial charge in [0.1, 0.15) is 13.2 Å². The molecule has 1 heterocycles. The van der Waals surface area contributed by atoms with E-state index in [1.54, 1.807) is 6.92 Å². The second kappa shape index (κ2) is 5.84. The molecule has 0 saturated carbocycles. The van der Waals surface area contributed by atoms with Crippen molar-refractivity contribution >= 4 is 10.0 Å². The molecule has 1 aromatic rings. The smallest absolute Gasteiger partial charge is 0.364 e. The summed E-state index contributed by atoms with van der Waals surface area (Å²) in [5, 5.41) is 11.3. The summed E-state index contributed by atoms with van der Waals surface area (Å²) in [5.41, 5.74) is 0.